The Labute approximate surface area is 123 Å². The van der Waals surface area contributed by atoms with Gasteiger partial charge in [0, 0.05) is 35.4 Å². The highest BCUT2D eigenvalue weighted by molar-refractivity contribution is 9.10. The van der Waals surface area contributed by atoms with Crippen LogP contribution in [0.4, 0.5) is 5.69 Å². The fourth-order valence-electron chi connectivity index (χ4n) is 1.96. The second-order valence-electron chi connectivity index (χ2n) is 4.52. The van der Waals surface area contributed by atoms with Crippen molar-refractivity contribution in [1.82, 2.24) is 0 Å². The zero-order chi connectivity index (χ0) is 14.4. The molecule has 0 bridgehead atoms. The maximum atomic E-state index is 7.72. The number of amidine groups is 1. The van der Waals surface area contributed by atoms with E-state index < -0.39 is 0 Å². The molecule has 106 valence electrons. The molecule has 0 saturated heterocycles. The number of nitrogens with zero attached hydrogens (tertiary/aromatic N) is 1. The van der Waals surface area contributed by atoms with Crippen LogP contribution in [0.2, 0.25) is 0 Å². The van der Waals surface area contributed by atoms with E-state index in [1.165, 1.54) is 0 Å². The van der Waals surface area contributed by atoms with Gasteiger partial charge in [-0.2, -0.15) is 0 Å². The lowest BCUT2D eigenvalue weighted by Crippen LogP contribution is -2.37. The molecule has 3 N–H and O–H groups in total. The van der Waals surface area contributed by atoms with Gasteiger partial charge in [-0.05, 0) is 31.5 Å². The first kappa shape index (κ1) is 16.0. The molecule has 0 spiro atoms. The minimum Gasteiger partial charge on any atom is -0.384 e. The quantitative estimate of drug-likeness (QED) is 0.597. The summed E-state index contributed by atoms with van der Waals surface area (Å²) in [4.78, 5) is 2.24. The van der Waals surface area contributed by atoms with Crippen LogP contribution >= 0.6 is 15.9 Å². The number of hydrogen-bond acceptors (Lipinski definition) is 3. The van der Waals surface area contributed by atoms with E-state index in [1.807, 2.05) is 18.2 Å². The summed E-state index contributed by atoms with van der Waals surface area (Å²) in [5.74, 6) is 0.0909. The highest BCUT2D eigenvalue weighted by atomic mass is 79.9. The molecule has 1 unspecified atom stereocenters. The van der Waals surface area contributed by atoms with Crippen LogP contribution in [0.25, 0.3) is 0 Å². The van der Waals surface area contributed by atoms with Crippen molar-refractivity contribution in [2.75, 3.05) is 25.2 Å². The molecule has 0 aliphatic carbocycles. The van der Waals surface area contributed by atoms with Crippen LogP contribution in [-0.2, 0) is 4.74 Å². The first-order valence-electron chi connectivity index (χ1n) is 6.40. The number of nitrogens with one attached hydrogen (secondary N) is 1. The SMILES string of the molecule is CCC(C)N(CCOC)c1cc(Br)ccc1C(=N)N. The standard InChI is InChI=1S/C14H22BrN3O/c1-4-10(2)18(7-8-19-3)13-9-11(15)5-6-12(13)14(16)17/h5-6,9-10H,4,7-8H2,1-3H3,(H3,16,17). The first-order valence-corrected chi connectivity index (χ1v) is 7.20. The largest absolute Gasteiger partial charge is 0.384 e. The number of anilines is 1. The van der Waals surface area contributed by atoms with Crippen LogP contribution in [0.3, 0.4) is 0 Å². The summed E-state index contributed by atoms with van der Waals surface area (Å²) in [5.41, 5.74) is 7.43. The molecule has 0 saturated carbocycles. The van der Waals surface area contributed by atoms with Crippen molar-refractivity contribution in [3.63, 3.8) is 0 Å². The van der Waals surface area contributed by atoms with E-state index in [9.17, 15) is 0 Å². The highest BCUT2D eigenvalue weighted by Crippen LogP contribution is 2.27. The molecule has 4 nitrogen and oxygen atoms in total. The summed E-state index contributed by atoms with van der Waals surface area (Å²) < 4.78 is 6.17. The molecule has 1 aromatic rings. The van der Waals surface area contributed by atoms with Crippen molar-refractivity contribution in [3.05, 3.63) is 28.2 Å². The van der Waals surface area contributed by atoms with Crippen molar-refractivity contribution in [2.24, 2.45) is 5.73 Å². The number of nitrogen functional groups attached to an aromatic ring is 1. The fraction of sp³-hybridized carbons (Fsp3) is 0.500. The van der Waals surface area contributed by atoms with Crippen molar-refractivity contribution >= 4 is 27.5 Å². The van der Waals surface area contributed by atoms with E-state index in [0.717, 1.165) is 28.7 Å². The van der Waals surface area contributed by atoms with Gasteiger partial charge in [-0.15, -0.1) is 0 Å². The average Bonchev–Trinajstić information content (AvgIpc) is 2.38. The van der Waals surface area contributed by atoms with E-state index >= 15 is 0 Å². The molecule has 0 amide bonds. The van der Waals surface area contributed by atoms with Crippen molar-refractivity contribution in [1.29, 1.82) is 5.41 Å². The average molecular weight is 328 g/mol. The van der Waals surface area contributed by atoms with Crippen LogP contribution in [0.15, 0.2) is 22.7 Å². The second-order valence-corrected chi connectivity index (χ2v) is 5.43. The van der Waals surface area contributed by atoms with Crippen LogP contribution in [0.5, 0.6) is 0 Å². The Balaban J connectivity index is 3.19. The van der Waals surface area contributed by atoms with E-state index in [-0.39, 0.29) is 5.84 Å². The van der Waals surface area contributed by atoms with Gasteiger partial charge >= 0.3 is 0 Å². The molecule has 1 rings (SSSR count). The molecule has 0 aliphatic heterocycles. The molecule has 19 heavy (non-hydrogen) atoms. The van der Waals surface area contributed by atoms with Gasteiger partial charge in [0.2, 0.25) is 0 Å². The summed E-state index contributed by atoms with van der Waals surface area (Å²) >= 11 is 3.48. The summed E-state index contributed by atoms with van der Waals surface area (Å²) in [6, 6.07) is 6.16. The topological polar surface area (TPSA) is 62.3 Å². The third-order valence-corrected chi connectivity index (χ3v) is 3.71. The minimum atomic E-state index is 0.0909. The van der Waals surface area contributed by atoms with Gasteiger partial charge in [0.1, 0.15) is 5.84 Å². The number of halogens is 1. The van der Waals surface area contributed by atoms with Gasteiger partial charge in [-0.3, -0.25) is 5.41 Å². The lowest BCUT2D eigenvalue weighted by molar-refractivity contribution is 0.203. The predicted molar refractivity (Wildman–Crippen MR) is 84.1 cm³/mol. The molecule has 0 aliphatic rings. The molecular weight excluding hydrogens is 306 g/mol. The number of hydrogen-bond donors (Lipinski definition) is 2. The zero-order valence-corrected chi connectivity index (χ0v) is 13.3. The van der Waals surface area contributed by atoms with Crippen molar-refractivity contribution in [3.8, 4) is 0 Å². The van der Waals surface area contributed by atoms with E-state index in [0.29, 0.717) is 12.6 Å². The third kappa shape index (κ3) is 4.21. The van der Waals surface area contributed by atoms with Crippen LogP contribution in [0, 0.1) is 5.41 Å². The number of ether oxygens (including phenoxy) is 1. The Hall–Kier alpha value is -1.07. The maximum absolute atomic E-state index is 7.72. The Morgan fingerprint density at radius 3 is 2.74 bits per heavy atom. The Bertz CT molecular complexity index is 437. The van der Waals surface area contributed by atoms with Gasteiger partial charge in [0.25, 0.3) is 0 Å². The molecule has 1 atom stereocenters. The summed E-state index contributed by atoms with van der Waals surface area (Å²) in [5, 5.41) is 7.72. The third-order valence-electron chi connectivity index (χ3n) is 3.22. The molecule has 0 aromatic heterocycles. The van der Waals surface area contributed by atoms with E-state index in [4.69, 9.17) is 15.9 Å². The van der Waals surface area contributed by atoms with Crippen LogP contribution in [-0.4, -0.2) is 32.1 Å². The van der Waals surface area contributed by atoms with Crippen molar-refractivity contribution < 1.29 is 4.74 Å². The van der Waals surface area contributed by atoms with Gasteiger partial charge < -0.3 is 15.4 Å². The molecule has 5 heteroatoms. The van der Waals surface area contributed by atoms with Crippen molar-refractivity contribution in [2.45, 2.75) is 26.3 Å². The van der Waals surface area contributed by atoms with Gasteiger partial charge in [-0.1, -0.05) is 22.9 Å². The fourth-order valence-corrected chi connectivity index (χ4v) is 2.31. The first-order chi connectivity index (χ1) is 9.01. The maximum Gasteiger partial charge on any atom is 0.124 e. The van der Waals surface area contributed by atoms with Gasteiger partial charge in [0.05, 0.1) is 6.61 Å². The van der Waals surface area contributed by atoms with E-state index in [1.54, 1.807) is 7.11 Å². The molecular formula is C14H22BrN3O. The number of benzene rings is 1. The number of methoxy groups -OCH3 is 1. The summed E-state index contributed by atoms with van der Waals surface area (Å²) in [7, 11) is 1.70. The normalized spacial score (nSPS) is 12.2. The monoisotopic (exact) mass is 327 g/mol. The van der Waals surface area contributed by atoms with Gasteiger partial charge in [-0.25, -0.2) is 0 Å². The Morgan fingerprint density at radius 2 is 2.21 bits per heavy atom. The smallest absolute Gasteiger partial charge is 0.124 e. The minimum absolute atomic E-state index is 0.0909. The molecule has 0 heterocycles. The van der Waals surface area contributed by atoms with E-state index in [2.05, 4.69) is 34.7 Å². The Kier molecular flexibility index (Phi) is 6.31. The number of rotatable bonds is 7. The molecule has 0 fully saturated rings. The second kappa shape index (κ2) is 7.50. The van der Waals surface area contributed by atoms with Gasteiger partial charge in [0.15, 0.2) is 0 Å². The molecule has 0 radical (unpaired) electrons. The van der Waals surface area contributed by atoms with Crippen LogP contribution < -0.4 is 10.6 Å². The summed E-state index contributed by atoms with van der Waals surface area (Å²) in [6.45, 7) is 5.74. The lowest BCUT2D eigenvalue weighted by Gasteiger charge is -2.32. The molecule has 1 aromatic carbocycles. The highest BCUT2D eigenvalue weighted by Gasteiger charge is 2.17. The lowest BCUT2D eigenvalue weighted by atomic mass is 10.1. The summed E-state index contributed by atoms with van der Waals surface area (Å²) in [6.07, 6.45) is 1.02. The predicted octanol–water partition coefficient (Wildman–Crippen LogP) is 2.98. The Morgan fingerprint density at radius 1 is 1.53 bits per heavy atom. The number of nitrogens with two attached hydrogens (primary N) is 1. The van der Waals surface area contributed by atoms with Crippen LogP contribution in [0.1, 0.15) is 25.8 Å². The zero-order valence-electron chi connectivity index (χ0n) is 11.7.